The van der Waals surface area contributed by atoms with Crippen LogP contribution in [0.25, 0.3) is 31.6 Å². The zero-order chi connectivity index (χ0) is 30.3. The number of amides is 2. The Kier molecular flexibility index (Phi) is 8.13. The van der Waals surface area contributed by atoms with Gasteiger partial charge in [0.15, 0.2) is 0 Å². The van der Waals surface area contributed by atoms with Crippen molar-refractivity contribution in [3.63, 3.8) is 0 Å². The third-order valence-corrected chi connectivity index (χ3v) is 9.49. The number of piperidine rings is 1. The van der Waals surface area contributed by atoms with E-state index in [2.05, 4.69) is 40.2 Å². The van der Waals surface area contributed by atoms with E-state index in [9.17, 15) is 14.7 Å². The fourth-order valence-corrected chi connectivity index (χ4v) is 7.52. The van der Waals surface area contributed by atoms with Crippen LogP contribution in [-0.2, 0) is 17.7 Å². The third kappa shape index (κ3) is 6.24. The Morgan fingerprint density at radius 2 is 1.91 bits per heavy atom. The van der Waals surface area contributed by atoms with Gasteiger partial charge in [-0.1, -0.05) is 18.2 Å². The van der Waals surface area contributed by atoms with Crippen LogP contribution in [-0.4, -0.2) is 65.0 Å². The summed E-state index contributed by atoms with van der Waals surface area (Å²) in [7, 11) is 1.63. The van der Waals surface area contributed by atoms with Crippen LogP contribution in [0.3, 0.4) is 0 Å². The summed E-state index contributed by atoms with van der Waals surface area (Å²) in [6.07, 6.45) is 4.13. The van der Waals surface area contributed by atoms with E-state index in [0.717, 1.165) is 45.6 Å². The SMILES string of the molecule is COc1cc(C(=O)N2CCCC(NC(=O)OC(C)(C)C)C2)cc2sc(-c3cc4ccccc4n3CC3CC3)c(CCO)c12. The van der Waals surface area contributed by atoms with Crippen LogP contribution < -0.4 is 10.1 Å². The highest BCUT2D eigenvalue weighted by molar-refractivity contribution is 7.22. The molecule has 4 aromatic rings. The number of thiophene rings is 1. The summed E-state index contributed by atoms with van der Waals surface area (Å²) in [5, 5.41) is 15.2. The number of fused-ring (bicyclic) bond motifs is 2. The maximum Gasteiger partial charge on any atom is 0.407 e. The van der Waals surface area contributed by atoms with E-state index < -0.39 is 11.7 Å². The zero-order valence-corrected chi connectivity index (χ0v) is 26.3. The van der Waals surface area contributed by atoms with Gasteiger partial charge in [0.2, 0.25) is 0 Å². The largest absolute Gasteiger partial charge is 0.496 e. The van der Waals surface area contributed by atoms with Crippen LogP contribution in [0.4, 0.5) is 4.79 Å². The molecular weight excluding hydrogens is 562 g/mol. The van der Waals surface area contributed by atoms with Crippen molar-refractivity contribution in [3.05, 3.63) is 53.6 Å². The van der Waals surface area contributed by atoms with Crippen molar-refractivity contribution in [2.75, 3.05) is 26.8 Å². The van der Waals surface area contributed by atoms with Crippen LogP contribution >= 0.6 is 11.3 Å². The van der Waals surface area contributed by atoms with Gasteiger partial charge >= 0.3 is 6.09 Å². The van der Waals surface area contributed by atoms with Gasteiger partial charge in [-0.15, -0.1) is 11.3 Å². The predicted molar refractivity (Wildman–Crippen MR) is 171 cm³/mol. The quantitative estimate of drug-likeness (QED) is 0.237. The number of hydrogen-bond acceptors (Lipinski definition) is 6. The summed E-state index contributed by atoms with van der Waals surface area (Å²) in [5.41, 5.74) is 3.40. The molecule has 8 nitrogen and oxygen atoms in total. The number of carbonyl (C=O) groups is 2. The number of carbonyl (C=O) groups excluding carboxylic acids is 2. The number of hydrogen-bond donors (Lipinski definition) is 2. The summed E-state index contributed by atoms with van der Waals surface area (Å²) < 4.78 is 14.7. The minimum Gasteiger partial charge on any atom is -0.496 e. The van der Waals surface area contributed by atoms with E-state index in [1.807, 2.05) is 37.8 Å². The van der Waals surface area contributed by atoms with Gasteiger partial charge in [0.25, 0.3) is 5.91 Å². The number of likely N-dealkylation sites (tertiary alicyclic amines) is 1. The fourth-order valence-electron chi connectivity index (χ4n) is 6.18. The van der Waals surface area contributed by atoms with Crippen molar-refractivity contribution in [1.29, 1.82) is 0 Å². The number of ether oxygens (including phenoxy) is 2. The Morgan fingerprint density at radius 3 is 2.63 bits per heavy atom. The van der Waals surface area contributed by atoms with Gasteiger partial charge in [-0.2, -0.15) is 0 Å². The van der Waals surface area contributed by atoms with Crippen molar-refractivity contribution in [1.82, 2.24) is 14.8 Å². The standard InChI is InChI=1S/C34H41N3O5S/c1-34(2,3)42-33(40)35-24-9-7-14-36(20-24)32(39)23-17-28(41-4)30-25(13-15-38)31(43-29(30)18-23)27-16-22-8-5-6-10-26(22)37(27)19-21-11-12-21/h5-6,8,10,16-18,21,24,38H,7,9,11-15,19-20H2,1-4H3,(H,35,40). The molecule has 2 N–H and O–H groups in total. The minimum atomic E-state index is -0.582. The number of alkyl carbamates (subject to hydrolysis) is 1. The average Bonchev–Trinajstić information content (AvgIpc) is 3.62. The molecule has 43 heavy (non-hydrogen) atoms. The van der Waals surface area contributed by atoms with Crippen molar-refractivity contribution >= 4 is 44.3 Å². The third-order valence-electron chi connectivity index (χ3n) is 8.29. The minimum absolute atomic E-state index is 0.0192. The first-order chi connectivity index (χ1) is 20.6. The Hall–Kier alpha value is -3.56. The summed E-state index contributed by atoms with van der Waals surface area (Å²) in [6, 6.07) is 14.4. The molecule has 1 aliphatic heterocycles. The van der Waals surface area contributed by atoms with Gasteiger partial charge in [-0.25, -0.2) is 4.79 Å². The predicted octanol–water partition coefficient (Wildman–Crippen LogP) is 6.61. The second-order valence-corrected chi connectivity index (χ2v) is 13.9. The number of rotatable bonds is 8. The maximum absolute atomic E-state index is 13.8. The highest BCUT2D eigenvalue weighted by Gasteiger charge is 2.30. The number of aliphatic hydroxyl groups excluding tert-OH is 1. The Morgan fingerprint density at radius 1 is 1.12 bits per heavy atom. The monoisotopic (exact) mass is 603 g/mol. The zero-order valence-electron chi connectivity index (χ0n) is 25.4. The number of aliphatic hydroxyl groups is 1. The number of para-hydroxylation sites is 1. The summed E-state index contributed by atoms with van der Waals surface area (Å²) >= 11 is 1.66. The first kappa shape index (κ1) is 29.5. The Labute approximate surface area is 256 Å². The molecule has 0 spiro atoms. The van der Waals surface area contributed by atoms with E-state index in [4.69, 9.17) is 9.47 Å². The lowest BCUT2D eigenvalue weighted by Gasteiger charge is -2.33. The molecule has 0 bridgehead atoms. The highest BCUT2D eigenvalue weighted by atomic mass is 32.1. The molecule has 1 atom stereocenters. The topological polar surface area (TPSA) is 93.0 Å². The van der Waals surface area contributed by atoms with Gasteiger partial charge in [-0.05, 0) is 88.6 Å². The summed E-state index contributed by atoms with van der Waals surface area (Å²) in [6.45, 7) is 7.55. The molecule has 2 aromatic carbocycles. The molecule has 3 heterocycles. The number of benzene rings is 2. The van der Waals surface area contributed by atoms with Gasteiger partial charge in [-0.3, -0.25) is 4.79 Å². The van der Waals surface area contributed by atoms with Crippen molar-refractivity contribution in [2.24, 2.45) is 5.92 Å². The molecule has 6 rings (SSSR count). The molecule has 9 heteroatoms. The van der Waals surface area contributed by atoms with E-state index in [1.54, 1.807) is 18.4 Å². The lowest BCUT2D eigenvalue weighted by atomic mass is 10.0. The van der Waals surface area contributed by atoms with E-state index >= 15 is 0 Å². The Bertz CT molecular complexity index is 1660. The number of nitrogens with one attached hydrogen (secondary N) is 1. The van der Waals surface area contributed by atoms with Crippen LogP contribution in [0.5, 0.6) is 5.75 Å². The van der Waals surface area contributed by atoms with Crippen molar-refractivity contribution in [2.45, 2.75) is 71.1 Å². The van der Waals surface area contributed by atoms with Crippen LogP contribution in [0.1, 0.15) is 62.4 Å². The first-order valence-corrected chi connectivity index (χ1v) is 16.1. The number of aromatic nitrogens is 1. The molecule has 2 aliphatic rings. The van der Waals surface area contributed by atoms with E-state index in [0.29, 0.717) is 36.7 Å². The molecule has 1 saturated heterocycles. The van der Waals surface area contributed by atoms with Crippen LogP contribution in [0.15, 0.2) is 42.5 Å². The van der Waals surface area contributed by atoms with Crippen LogP contribution in [0.2, 0.25) is 0 Å². The lowest BCUT2D eigenvalue weighted by Crippen LogP contribution is -2.50. The van der Waals surface area contributed by atoms with Crippen molar-refractivity contribution in [3.8, 4) is 16.3 Å². The van der Waals surface area contributed by atoms with E-state index in [-0.39, 0.29) is 18.6 Å². The number of methoxy groups -OCH3 is 1. The average molecular weight is 604 g/mol. The number of nitrogens with zero attached hydrogens (tertiary/aromatic N) is 2. The smallest absolute Gasteiger partial charge is 0.407 e. The molecule has 2 fully saturated rings. The molecule has 1 unspecified atom stereocenters. The molecular formula is C34H41N3O5S. The lowest BCUT2D eigenvalue weighted by molar-refractivity contribution is 0.0452. The van der Waals surface area contributed by atoms with E-state index in [1.165, 1.54) is 23.7 Å². The second kappa shape index (κ2) is 11.8. The highest BCUT2D eigenvalue weighted by Crippen LogP contribution is 2.46. The second-order valence-electron chi connectivity index (χ2n) is 12.8. The molecule has 1 saturated carbocycles. The van der Waals surface area contributed by atoms with Crippen LogP contribution in [0, 0.1) is 5.92 Å². The molecule has 1 aliphatic carbocycles. The van der Waals surface area contributed by atoms with Crippen molar-refractivity contribution < 1.29 is 24.2 Å². The maximum atomic E-state index is 13.8. The summed E-state index contributed by atoms with van der Waals surface area (Å²) in [4.78, 5) is 29.1. The molecule has 0 radical (unpaired) electrons. The van der Waals surface area contributed by atoms with Gasteiger partial charge in [0.05, 0.1) is 17.7 Å². The Balaban J connectivity index is 1.35. The van der Waals surface area contributed by atoms with Gasteiger partial charge < -0.3 is 29.4 Å². The molecule has 228 valence electrons. The first-order valence-electron chi connectivity index (χ1n) is 15.3. The molecule has 2 amide bonds. The van der Waals surface area contributed by atoms with Gasteiger partial charge in [0, 0.05) is 58.8 Å². The fraction of sp³-hybridized carbons (Fsp3) is 0.471. The summed E-state index contributed by atoms with van der Waals surface area (Å²) in [5.74, 6) is 1.25. The van der Waals surface area contributed by atoms with Gasteiger partial charge in [0.1, 0.15) is 11.4 Å². The normalized spacial score (nSPS) is 17.4. The molecule has 2 aromatic heterocycles.